The lowest BCUT2D eigenvalue weighted by Gasteiger charge is -2.28. The van der Waals surface area contributed by atoms with Gasteiger partial charge in [0.25, 0.3) is 0 Å². The van der Waals surface area contributed by atoms with Gasteiger partial charge in [-0.15, -0.1) is 0 Å². The van der Waals surface area contributed by atoms with E-state index in [1.807, 2.05) is 45.0 Å². The summed E-state index contributed by atoms with van der Waals surface area (Å²) >= 11 is 0. The molecule has 1 atom stereocenters. The van der Waals surface area contributed by atoms with Gasteiger partial charge in [0, 0.05) is 18.8 Å². The average molecular weight is 315 g/mol. The molecule has 1 unspecified atom stereocenters. The van der Waals surface area contributed by atoms with Crippen LogP contribution in [0.15, 0.2) is 36.7 Å². The van der Waals surface area contributed by atoms with Crippen molar-refractivity contribution in [2.24, 2.45) is 7.05 Å². The summed E-state index contributed by atoms with van der Waals surface area (Å²) in [5.41, 5.74) is 0.950. The van der Waals surface area contributed by atoms with Crippen LogP contribution in [0.2, 0.25) is 0 Å². The molecule has 5 heteroatoms. The summed E-state index contributed by atoms with van der Waals surface area (Å²) in [5, 5.41) is 17.5. The highest BCUT2D eigenvalue weighted by Crippen LogP contribution is 2.25. The van der Waals surface area contributed by atoms with Gasteiger partial charge >= 0.3 is 0 Å². The Balaban J connectivity index is 2.07. The topological polar surface area (TPSA) is 67.2 Å². The largest absolute Gasteiger partial charge is 0.383 e. The first-order chi connectivity index (χ1) is 10.6. The number of rotatable bonds is 5. The van der Waals surface area contributed by atoms with Crippen molar-refractivity contribution < 1.29 is 9.90 Å². The van der Waals surface area contributed by atoms with E-state index in [2.05, 4.69) is 10.4 Å². The van der Waals surface area contributed by atoms with Crippen LogP contribution < -0.4 is 5.32 Å². The van der Waals surface area contributed by atoms with Crippen molar-refractivity contribution in [3.63, 3.8) is 0 Å². The minimum Gasteiger partial charge on any atom is -0.383 e. The molecule has 0 aliphatic carbocycles. The van der Waals surface area contributed by atoms with Crippen LogP contribution >= 0.6 is 0 Å². The molecule has 0 aliphatic rings. The van der Waals surface area contributed by atoms with Crippen LogP contribution in [0.1, 0.15) is 37.5 Å². The quantitative estimate of drug-likeness (QED) is 0.887. The number of hydrogen-bond acceptors (Lipinski definition) is 3. The van der Waals surface area contributed by atoms with Crippen LogP contribution in [-0.2, 0) is 22.9 Å². The first kappa shape index (κ1) is 17.2. The van der Waals surface area contributed by atoms with Gasteiger partial charge in [-0.3, -0.25) is 9.48 Å². The summed E-state index contributed by atoms with van der Waals surface area (Å²) in [4.78, 5) is 12.6. The second kappa shape index (κ2) is 6.16. The third-order valence-corrected chi connectivity index (χ3v) is 4.26. The van der Waals surface area contributed by atoms with Crippen molar-refractivity contribution in [2.75, 3.05) is 6.54 Å². The fraction of sp³-hybridized carbons (Fsp3) is 0.444. The Bertz CT molecular complexity index is 685. The minimum absolute atomic E-state index is 0.120. The number of carbonyl (C=O) groups excluding carboxylic acids is 1. The molecule has 1 aromatic carbocycles. The molecule has 0 spiro atoms. The lowest BCUT2D eigenvalue weighted by Crippen LogP contribution is -2.45. The Morgan fingerprint density at radius 2 is 1.83 bits per heavy atom. The molecule has 124 valence electrons. The third kappa shape index (κ3) is 3.79. The molecule has 0 bridgehead atoms. The number of amides is 1. The maximum Gasteiger partial charge on any atom is 0.230 e. The van der Waals surface area contributed by atoms with E-state index in [0.717, 1.165) is 11.1 Å². The summed E-state index contributed by atoms with van der Waals surface area (Å²) in [6, 6.07) is 7.93. The van der Waals surface area contributed by atoms with Crippen molar-refractivity contribution >= 4 is 5.91 Å². The van der Waals surface area contributed by atoms with Crippen molar-refractivity contribution in [1.82, 2.24) is 15.1 Å². The molecule has 23 heavy (non-hydrogen) atoms. The molecule has 1 amide bonds. The second-order valence-electron chi connectivity index (χ2n) is 6.85. The molecule has 0 saturated heterocycles. The molecule has 0 fully saturated rings. The summed E-state index contributed by atoms with van der Waals surface area (Å²) in [7, 11) is 1.79. The molecule has 1 heterocycles. The summed E-state index contributed by atoms with van der Waals surface area (Å²) in [6.07, 6.45) is 3.36. The number of aromatic nitrogens is 2. The monoisotopic (exact) mass is 315 g/mol. The fourth-order valence-corrected chi connectivity index (χ4v) is 2.38. The molecule has 2 N–H and O–H groups in total. The molecule has 2 aromatic rings. The van der Waals surface area contributed by atoms with Gasteiger partial charge in [0.15, 0.2) is 0 Å². The predicted octanol–water partition coefficient (Wildman–Crippen LogP) is 2.03. The molecular weight excluding hydrogens is 290 g/mol. The Kier molecular flexibility index (Phi) is 4.61. The summed E-state index contributed by atoms with van der Waals surface area (Å²) in [6.45, 7) is 7.58. The highest BCUT2D eigenvalue weighted by atomic mass is 16.3. The van der Waals surface area contributed by atoms with Gasteiger partial charge in [0.2, 0.25) is 5.91 Å². The fourth-order valence-electron chi connectivity index (χ4n) is 2.38. The van der Waals surface area contributed by atoms with E-state index < -0.39 is 11.0 Å². The van der Waals surface area contributed by atoms with E-state index in [0.29, 0.717) is 5.56 Å². The Labute approximate surface area is 137 Å². The van der Waals surface area contributed by atoms with E-state index in [9.17, 15) is 9.90 Å². The molecule has 5 nitrogen and oxygen atoms in total. The zero-order chi connectivity index (χ0) is 17.3. The minimum atomic E-state index is -1.16. The van der Waals surface area contributed by atoms with Gasteiger partial charge in [0.05, 0.1) is 18.2 Å². The van der Waals surface area contributed by atoms with E-state index in [-0.39, 0.29) is 12.5 Å². The van der Waals surface area contributed by atoms with Crippen LogP contribution in [0.25, 0.3) is 0 Å². The van der Waals surface area contributed by atoms with Crippen LogP contribution in [0.5, 0.6) is 0 Å². The van der Waals surface area contributed by atoms with Crippen molar-refractivity contribution in [3.8, 4) is 0 Å². The molecule has 0 saturated carbocycles. The van der Waals surface area contributed by atoms with E-state index in [1.165, 1.54) is 0 Å². The zero-order valence-corrected chi connectivity index (χ0v) is 14.4. The molecule has 0 radical (unpaired) electrons. The number of aryl methyl sites for hydroxylation is 2. The first-order valence-electron chi connectivity index (χ1n) is 7.70. The Hall–Kier alpha value is -2.14. The van der Waals surface area contributed by atoms with Gasteiger partial charge in [-0.25, -0.2) is 0 Å². The number of aliphatic hydroxyl groups is 1. The van der Waals surface area contributed by atoms with Crippen molar-refractivity contribution in [2.45, 2.75) is 38.7 Å². The van der Waals surface area contributed by atoms with Crippen LogP contribution in [0, 0.1) is 6.92 Å². The van der Waals surface area contributed by atoms with Crippen molar-refractivity contribution in [3.05, 3.63) is 53.3 Å². The maximum atomic E-state index is 12.6. The highest BCUT2D eigenvalue weighted by Gasteiger charge is 2.32. The summed E-state index contributed by atoms with van der Waals surface area (Å²) < 4.78 is 1.63. The predicted molar refractivity (Wildman–Crippen MR) is 90.0 cm³/mol. The van der Waals surface area contributed by atoms with E-state index >= 15 is 0 Å². The summed E-state index contributed by atoms with van der Waals surface area (Å²) in [5.74, 6) is -0.120. The lowest BCUT2D eigenvalue weighted by molar-refractivity contribution is -0.126. The highest BCUT2D eigenvalue weighted by molar-refractivity contribution is 5.87. The van der Waals surface area contributed by atoms with Gasteiger partial charge in [-0.05, 0) is 33.3 Å². The Morgan fingerprint density at radius 1 is 1.22 bits per heavy atom. The van der Waals surface area contributed by atoms with E-state index in [4.69, 9.17) is 0 Å². The molecular formula is C18H25N3O2. The lowest BCUT2D eigenvalue weighted by atomic mass is 9.83. The van der Waals surface area contributed by atoms with E-state index in [1.54, 1.807) is 31.0 Å². The zero-order valence-electron chi connectivity index (χ0n) is 14.4. The SMILES string of the molecule is Cc1ccc(C(C)(C)C(=O)NCC(C)(O)c2cnn(C)c2)cc1. The number of nitrogens with zero attached hydrogens (tertiary/aromatic N) is 2. The second-order valence-corrected chi connectivity index (χ2v) is 6.85. The van der Waals surface area contributed by atoms with Gasteiger partial charge in [-0.2, -0.15) is 5.10 Å². The van der Waals surface area contributed by atoms with Gasteiger partial charge < -0.3 is 10.4 Å². The van der Waals surface area contributed by atoms with Crippen LogP contribution in [0.4, 0.5) is 0 Å². The van der Waals surface area contributed by atoms with Gasteiger partial charge in [0.1, 0.15) is 5.60 Å². The average Bonchev–Trinajstić information content (AvgIpc) is 2.92. The molecule has 0 aliphatic heterocycles. The molecule has 1 aromatic heterocycles. The van der Waals surface area contributed by atoms with Crippen molar-refractivity contribution in [1.29, 1.82) is 0 Å². The Morgan fingerprint density at radius 3 is 2.35 bits per heavy atom. The van der Waals surface area contributed by atoms with Crippen LogP contribution in [-0.4, -0.2) is 27.3 Å². The number of nitrogens with one attached hydrogen (secondary N) is 1. The number of hydrogen-bond donors (Lipinski definition) is 2. The van der Waals surface area contributed by atoms with Gasteiger partial charge in [-0.1, -0.05) is 29.8 Å². The maximum absolute atomic E-state index is 12.6. The number of carbonyl (C=O) groups is 1. The normalized spacial score (nSPS) is 14.3. The van der Waals surface area contributed by atoms with Crippen LogP contribution in [0.3, 0.4) is 0 Å². The number of benzene rings is 1. The standard InChI is InChI=1S/C18H25N3O2/c1-13-6-8-14(9-7-13)17(2,3)16(22)19-12-18(4,23)15-10-20-21(5)11-15/h6-11,23H,12H2,1-5H3,(H,19,22). The molecule has 2 rings (SSSR count). The third-order valence-electron chi connectivity index (χ3n) is 4.26. The first-order valence-corrected chi connectivity index (χ1v) is 7.70. The smallest absolute Gasteiger partial charge is 0.230 e.